The number of amides is 2. The first-order valence-electron chi connectivity index (χ1n) is 12.6. The van der Waals surface area contributed by atoms with Crippen LogP contribution in [-0.2, 0) is 16.1 Å². The smallest absolute Gasteiger partial charge is 0.257 e. The minimum Gasteiger partial charge on any atom is -0.475 e. The minimum atomic E-state index is -0.559. The van der Waals surface area contributed by atoms with Crippen LogP contribution in [0.3, 0.4) is 0 Å². The van der Waals surface area contributed by atoms with E-state index in [0.29, 0.717) is 44.2 Å². The number of hydrogen-bond donors (Lipinski definition) is 2. The van der Waals surface area contributed by atoms with Crippen LogP contribution in [0.1, 0.15) is 48.7 Å². The van der Waals surface area contributed by atoms with Gasteiger partial charge in [0.2, 0.25) is 11.8 Å². The lowest BCUT2D eigenvalue weighted by Gasteiger charge is -2.36. The molecular formula is C25H36N6O4. The van der Waals surface area contributed by atoms with Gasteiger partial charge in [-0.05, 0) is 37.3 Å². The van der Waals surface area contributed by atoms with Crippen LogP contribution in [0.5, 0.6) is 5.88 Å². The molecule has 3 aliphatic rings. The Morgan fingerprint density at radius 2 is 2.00 bits per heavy atom. The predicted octanol–water partition coefficient (Wildman–Crippen LogP) is 1.85. The van der Waals surface area contributed by atoms with E-state index in [4.69, 9.17) is 9.47 Å². The number of carbonyl (C=O) groups is 2. The molecule has 0 aromatic carbocycles. The molecule has 1 fully saturated rings. The van der Waals surface area contributed by atoms with Gasteiger partial charge in [-0.3, -0.25) is 14.5 Å². The maximum Gasteiger partial charge on any atom is 0.257 e. The maximum absolute atomic E-state index is 13.3. The van der Waals surface area contributed by atoms with Crippen molar-refractivity contribution in [2.75, 3.05) is 46.0 Å². The Balaban J connectivity index is 1.49. The van der Waals surface area contributed by atoms with Gasteiger partial charge in [0, 0.05) is 50.8 Å². The van der Waals surface area contributed by atoms with Gasteiger partial charge in [-0.15, -0.1) is 0 Å². The van der Waals surface area contributed by atoms with Gasteiger partial charge in [0.05, 0.1) is 19.5 Å². The third-order valence-electron chi connectivity index (χ3n) is 6.61. The normalized spacial score (nSPS) is 23.2. The Kier molecular flexibility index (Phi) is 9.08. The zero-order chi connectivity index (χ0) is 24.5. The molecule has 0 unspecified atom stereocenters. The Labute approximate surface area is 206 Å². The number of aromatic nitrogens is 3. The second kappa shape index (κ2) is 12.6. The molecule has 2 N–H and O–H groups in total. The molecule has 0 aliphatic carbocycles. The average molecular weight is 485 g/mol. The van der Waals surface area contributed by atoms with Crippen molar-refractivity contribution in [3.05, 3.63) is 42.1 Å². The monoisotopic (exact) mass is 484 g/mol. The summed E-state index contributed by atoms with van der Waals surface area (Å²) in [5, 5.41) is 2.94. The summed E-state index contributed by atoms with van der Waals surface area (Å²) in [4.78, 5) is 42.2. The number of carbonyl (C=O) groups excluding carboxylic acids is 2. The molecule has 10 nitrogen and oxygen atoms in total. The molecule has 3 aliphatic heterocycles. The maximum atomic E-state index is 13.3. The van der Waals surface area contributed by atoms with E-state index >= 15 is 0 Å². The lowest BCUT2D eigenvalue weighted by atomic mass is 9.95. The fourth-order valence-corrected chi connectivity index (χ4v) is 4.72. The van der Waals surface area contributed by atoms with E-state index in [9.17, 15) is 9.59 Å². The van der Waals surface area contributed by atoms with E-state index in [2.05, 4.69) is 25.2 Å². The average Bonchev–Trinajstić information content (AvgIpc) is 3.38. The summed E-state index contributed by atoms with van der Waals surface area (Å²) in [6.45, 7) is 7.18. The molecule has 1 atom stereocenters. The molecular weight excluding hydrogens is 448 g/mol. The second-order valence-electron chi connectivity index (χ2n) is 9.21. The predicted molar refractivity (Wildman–Crippen MR) is 130 cm³/mol. The van der Waals surface area contributed by atoms with Gasteiger partial charge in [0.25, 0.3) is 5.91 Å². The first-order chi connectivity index (χ1) is 17.1. The van der Waals surface area contributed by atoms with Crippen LogP contribution >= 0.6 is 0 Å². The number of piperidine rings is 1. The molecule has 5 heterocycles. The molecule has 2 aromatic rings. The highest BCUT2D eigenvalue weighted by molar-refractivity contribution is 5.99. The van der Waals surface area contributed by atoms with Crippen LogP contribution in [-0.4, -0.2) is 88.6 Å². The molecule has 2 amide bonds. The molecule has 2 bridgehead atoms. The summed E-state index contributed by atoms with van der Waals surface area (Å²) in [6.07, 6.45) is 8.42. The number of hydrogen-bond acceptors (Lipinski definition) is 7. The van der Waals surface area contributed by atoms with E-state index in [1.54, 1.807) is 24.7 Å². The molecule has 190 valence electrons. The van der Waals surface area contributed by atoms with Gasteiger partial charge in [0.15, 0.2) is 0 Å². The van der Waals surface area contributed by atoms with Crippen LogP contribution in [0.2, 0.25) is 0 Å². The number of nitrogens with zero attached hydrogens (tertiary/aromatic N) is 4. The zero-order valence-electron chi connectivity index (χ0n) is 20.4. The summed E-state index contributed by atoms with van der Waals surface area (Å²) < 4.78 is 11.6. The Morgan fingerprint density at radius 1 is 1.14 bits per heavy atom. The van der Waals surface area contributed by atoms with E-state index in [1.165, 1.54) is 0 Å². The van der Waals surface area contributed by atoms with Crippen LogP contribution in [0.4, 0.5) is 0 Å². The number of imidazole rings is 1. The Bertz CT molecular complexity index is 945. The third-order valence-corrected chi connectivity index (χ3v) is 6.61. The van der Waals surface area contributed by atoms with E-state index in [0.717, 1.165) is 44.6 Å². The molecule has 0 spiro atoms. The van der Waals surface area contributed by atoms with Crippen LogP contribution in [0.15, 0.2) is 30.9 Å². The number of aromatic amines is 1. The fourth-order valence-electron chi connectivity index (χ4n) is 4.72. The third kappa shape index (κ3) is 7.02. The number of H-pyrrole nitrogens is 1. The molecule has 0 radical (unpaired) electrons. The second-order valence-corrected chi connectivity index (χ2v) is 9.21. The number of nitrogens with one attached hydrogen (secondary N) is 2. The highest BCUT2D eigenvalue weighted by Crippen LogP contribution is 2.21. The molecule has 0 saturated carbocycles. The summed E-state index contributed by atoms with van der Waals surface area (Å²) in [7, 11) is 0. The van der Waals surface area contributed by atoms with Crippen molar-refractivity contribution in [2.45, 2.75) is 45.2 Å². The Morgan fingerprint density at radius 3 is 2.77 bits per heavy atom. The van der Waals surface area contributed by atoms with Gasteiger partial charge in [-0.25, -0.2) is 9.97 Å². The van der Waals surface area contributed by atoms with Gasteiger partial charge >= 0.3 is 0 Å². The van der Waals surface area contributed by atoms with Crippen molar-refractivity contribution in [3.63, 3.8) is 0 Å². The summed E-state index contributed by atoms with van der Waals surface area (Å²) in [5.41, 5.74) is 1.40. The minimum absolute atomic E-state index is 0.00570. The summed E-state index contributed by atoms with van der Waals surface area (Å²) in [6, 6.07) is 2.81. The quantitative estimate of drug-likeness (QED) is 0.637. The lowest BCUT2D eigenvalue weighted by molar-refractivity contribution is -0.135. The lowest BCUT2D eigenvalue weighted by Crippen LogP contribution is -2.51. The van der Waals surface area contributed by atoms with Crippen molar-refractivity contribution >= 4 is 11.8 Å². The molecule has 35 heavy (non-hydrogen) atoms. The number of ether oxygens (including phenoxy) is 2. The molecule has 10 heteroatoms. The number of pyridine rings is 1. The van der Waals surface area contributed by atoms with Crippen molar-refractivity contribution in [2.24, 2.45) is 5.92 Å². The van der Waals surface area contributed by atoms with Gasteiger partial charge in [-0.2, -0.15) is 0 Å². The Hall–Kier alpha value is -2.98. The fraction of sp³-hybridized carbons (Fsp3) is 0.600. The number of fused-ring (bicyclic) bond motifs is 12. The molecule has 5 rings (SSSR count). The summed E-state index contributed by atoms with van der Waals surface area (Å²) >= 11 is 0. The van der Waals surface area contributed by atoms with E-state index in [1.807, 2.05) is 18.0 Å². The van der Waals surface area contributed by atoms with Crippen LogP contribution in [0.25, 0.3) is 0 Å². The van der Waals surface area contributed by atoms with E-state index in [-0.39, 0.29) is 24.3 Å². The largest absolute Gasteiger partial charge is 0.475 e. The first-order valence-corrected chi connectivity index (χ1v) is 12.6. The highest BCUT2D eigenvalue weighted by Gasteiger charge is 2.30. The van der Waals surface area contributed by atoms with Crippen LogP contribution in [0, 0.1) is 5.92 Å². The summed E-state index contributed by atoms with van der Waals surface area (Å²) in [5.74, 6) is 0.403. The van der Waals surface area contributed by atoms with Crippen LogP contribution < -0.4 is 10.1 Å². The van der Waals surface area contributed by atoms with Crippen molar-refractivity contribution < 1.29 is 19.1 Å². The van der Waals surface area contributed by atoms with Crippen molar-refractivity contribution in [1.29, 1.82) is 0 Å². The van der Waals surface area contributed by atoms with Gasteiger partial charge in [-0.1, -0.05) is 13.3 Å². The molecule has 2 aromatic heterocycles. The number of rotatable bonds is 4. The van der Waals surface area contributed by atoms with Gasteiger partial charge < -0.3 is 24.7 Å². The highest BCUT2D eigenvalue weighted by atomic mass is 16.5. The SMILES string of the molecule is CCC[C@H]1NC(=O)c2cccnc2OCCOCCN(Cc2cnc[nH]2)CC2CCN(CC2)C1=O. The van der Waals surface area contributed by atoms with Crippen molar-refractivity contribution in [1.82, 2.24) is 30.1 Å². The van der Waals surface area contributed by atoms with Gasteiger partial charge in [0.1, 0.15) is 18.2 Å². The molecule has 1 saturated heterocycles. The zero-order valence-corrected chi connectivity index (χ0v) is 20.4. The topological polar surface area (TPSA) is 113 Å². The standard InChI is InChI=1S/C25H36N6O4/c1-2-4-22-25(33)31-9-6-19(7-10-31)16-30(17-20-15-26-18-28-20)11-12-34-13-14-35-24-21(23(32)29-22)5-3-8-27-24/h3,5,8,15,18-19,22H,2,4,6-7,9-14,16-17H2,1H3,(H,26,28)(H,29,32)/t22-/m1/s1. The first kappa shape index (κ1) is 25.1. The van der Waals surface area contributed by atoms with E-state index < -0.39 is 6.04 Å². The van der Waals surface area contributed by atoms with Crippen molar-refractivity contribution in [3.8, 4) is 5.88 Å².